The fraction of sp³-hybridized carbons (Fsp3) is 0.318. The third kappa shape index (κ3) is 5.34. The lowest BCUT2D eigenvalue weighted by Gasteiger charge is -2.29. The minimum absolute atomic E-state index is 0.0375. The lowest BCUT2D eigenvalue weighted by atomic mass is 9.98. The van der Waals surface area contributed by atoms with E-state index in [-0.39, 0.29) is 37.9 Å². The largest absolute Gasteiger partial charge is 0.482 e. The standard InChI is InChI=1S/C22H24N2O5/c1-15-5-4-6-16(11-15)12-17(22(27)28)13-23-20(25)9-10-24-18-7-2-3-8-19(18)29-14-21(24)26/h2-8,11,17H,9-10,12-14H2,1H3,(H,23,25)(H,27,28). The highest BCUT2D eigenvalue weighted by Gasteiger charge is 2.26. The van der Waals surface area contributed by atoms with Crippen molar-refractivity contribution in [1.29, 1.82) is 0 Å². The van der Waals surface area contributed by atoms with Gasteiger partial charge in [0, 0.05) is 19.5 Å². The van der Waals surface area contributed by atoms with E-state index >= 15 is 0 Å². The molecule has 2 N–H and O–H groups in total. The highest BCUT2D eigenvalue weighted by atomic mass is 16.5. The van der Waals surface area contributed by atoms with Gasteiger partial charge in [0.25, 0.3) is 5.91 Å². The van der Waals surface area contributed by atoms with E-state index in [9.17, 15) is 19.5 Å². The van der Waals surface area contributed by atoms with Gasteiger partial charge in [0.05, 0.1) is 11.6 Å². The number of hydrogen-bond donors (Lipinski definition) is 2. The summed E-state index contributed by atoms with van der Waals surface area (Å²) < 4.78 is 5.39. The minimum atomic E-state index is -0.955. The fourth-order valence-corrected chi connectivity index (χ4v) is 3.31. The first-order valence-corrected chi connectivity index (χ1v) is 9.51. The van der Waals surface area contributed by atoms with Crippen molar-refractivity contribution in [2.75, 3.05) is 24.6 Å². The second kappa shape index (κ2) is 9.23. The summed E-state index contributed by atoms with van der Waals surface area (Å²) in [5.41, 5.74) is 2.62. The zero-order chi connectivity index (χ0) is 20.8. The van der Waals surface area contributed by atoms with Gasteiger partial charge in [-0.25, -0.2) is 0 Å². The number of carboxylic acids is 1. The van der Waals surface area contributed by atoms with Gasteiger partial charge in [0.15, 0.2) is 6.61 Å². The monoisotopic (exact) mass is 396 g/mol. The number of amides is 2. The van der Waals surface area contributed by atoms with Crippen LogP contribution in [-0.2, 0) is 20.8 Å². The maximum absolute atomic E-state index is 12.3. The summed E-state index contributed by atoms with van der Waals surface area (Å²) in [7, 11) is 0. The average molecular weight is 396 g/mol. The smallest absolute Gasteiger partial charge is 0.308 e. The Hall–Kier alpha value is -3.35. The number of benzene rings is 2. The number of nitrogens with one attached hydrogen (secondary N) is 1. The van der Waals surface area contributed by atoms with Crippen molar-refractivity contribution < 1.29 is 24.2 Å². The summed E-state index contributed by atoms with van der Waals surface area (Å²) in [5, 5.41) is 12.2. The summed E-state index contributed by atoms with van der Waals surface area (Å²) in [5.74, 6) is -1.57. The number of aryl methyl sites for hydroxylation is 1. The molecule has 2 aromatic rings. The van der Waals surface area contributed by atoms with Crippen LogP contribution in [0.15, 0.2) is 48.5 Å². The molecule has 1 unspecified atom stereocenters. The van der Waals surface area contributed by atoms with E-state index in [0.29, 0.717) is 17.9 Å². The van der Waals surface area contributed by atoms with Crippen molar-refractivity contribution in [3.8, 4) is 5.75 Å². The number of aliphatic carboxylic acids is 1. The predicted molar refractivity (Wildman–Crippen MR) is 108 cm³/mol. The Kier molecular flexibility index (Phi) is 6.49. The SMILES string of the molecule is Cc1cccc(CC(CNC(=O)CCN2C(=O)COc3ccccc32)C(=O)O)c1. The molecule has 1 atom stereocenters. The van der Waals surface area contributed by atoms with Gasteiger partial charge < -0.3 is 20.1 Å². The molecule has 0 fully saturated rings. The summed E-state index contributed by atoms with van der Waals surface area (Å²) in [6, 6.07) is 14.8. The molecule has 29 heavy (non-hydrogen) atoms. The molecule has 152 valence electrons. The van der Waals surface area contributed by atoms with Crippen molar-refractivity contribution in [2.24, 2.45) is 5.92 Å². The number of carbonyl (C=O) groups is 3. The van der Waals surface area contributed by atoms with E-state index in [0.717, 1.165) is 11.1 Å². The van der Waals surface area contributed by atoms with Crippen LogP contribution in [0.5, 0.6) is 5.75 Å². The molecule has 1 heterocycles. The summed E-state index contributed by atoms with van der Waals surface area (Å²) in [4.78, 5) is 37.5. The fourth-order valence-electron chi connectivity index (χ4n) is 3.31. The zero-order valence-corrected chi connectivity index (χ0v) is 16.3. The molecule has 7 nitrogen and oxygen atoms in total. The van der Waals surface area contributed by atoms with Crippen LogP contribution in [0.25, 0.3) is 0 Å². The lowest BCUT2D eigenvalue weighted by Crippen LogP contribution is -2.41. The van der Waals surface area contributed by atoms with E-state index in [1.807, 2.05) is 37.3 Å². The van der Waals surface area contributed by atoms with E-state index < -0.39 is 11.9 Å². The highest BCUT2D eigenvalue weighted by Crippen LogP contribution is 2.31. The van der Waals surface area contributed by atoms with Gasteiger partial charge in [-0.15, -0.1) is 0 Å². The van der Waals surface area contributed by atoms with Gasteiger partial charge in [-0.3, -0.25) is 14.4 Å². The molecule has 3 rings (SSSR count). The summed E-state index contributed by atoms with van der Waals surface area (Å²) in [6.45, 7) is 2.14. The molecule has 0 aromatic heterocycles. The van der Waals surface area contributed by atoms with Gasteiger partial charge in [-0.2, -0.15) is 0 Å². The van der Waals surface area contributed by atoms with Crippen molar-refractivity contribution in [3.63, 3.8) is 0 Å². The third-order valence-corrected chi connectivity index (χ3v) is 4.83. The lowest BCUT2D eigenvalue weighted by molar-refractivity contribution is -0.141. The van der Waals surface area contributed by atoms with Gasteiger partial charge >= 0.3 is 5.97 Å². The molecule has 1 aliphatic heterocycles. The Balaban J connectivity index is 1.53. The Morgan fingerprint density at radius 1 is 1.21 bits per heavy atom. The van der Waals surface area contributed by atoms with Crippen molar-refractivity contribution in [2.45, 2.75) is 19.8 Å². The molecule has 1 aliphatic rings. The Labute approximate surface area is 169 Å². The molecule has 2 amide bonds. The van der Waals surface area contributed by atoms with Crippen LogP contribution in [0, 0.1) is 12.8 Å². The Morgan fingerprint density at radius 2 is 2.00 bits per heavy atom. The first kappa shape index (κ1) is 20.4. The normalized spacial score (nSPS) is 14.0. The predicted octanol–water partition coefficient (Wildman–Crippen LogP) is 2.17. The van der Waals surface area contributed by atoms with Crippen LogP contribution < -0.4 is 15.0 Å². The maximum Gasteiger partial charge on any atom is 0.308 e. The van der Waals surface area contributed by atoms with Gasteiger partial charge in [0.2, 0.25) is 5.91 Å². The molecular formula is C22H24N2O5. The number of rotatable bonds is 8. The highest BCUT2D eigenvalue weighted by molar-refractivity contribution is 5.98. The Bertz CT molecular complexity index is 912. The molecule has 0 saturated heterocycles. The van der Waals surface area contributed by atoms with Crippen molar-refractivity contribution >= 4 is 23.5 Å². The van der Waals surface area contributed by atoms with Crippen LogP contribution in [0.3, 0.4) is 0 Å². The first-order chi connectivity index (χ1) is 13.9. The van der Waals surface area contributed by atoms with Crippen LogP contribution in [0.1, 0.15) is 17.5 Å². The number of carbonyl (C=O) groups excluding carboxylic acids is 2. The number of anilines is 1. The Morgan fingerprint density at radius 3 is 2.76 bits per heavy atom. The van der Waals surface area contributed by atoms with E-state index in [2.05, 4.69) is 5.32 Å². The summed E-state index contributed by atoms with van der Waals surface area (Å²) in [6.07, 6.45) is 0.420. The number of ether oxygens (including phenoxy) is 1. The van der Waals surface area contributed by atoms with Crippen molar-refractivity contribution in [1.82, 2.24) is 5.32 Å². The van der Waals surface area contributed by atoms with Gasteiger partial charge in [-0.05, 0) is 31.0 Å². The number of para-hydroxylation sites is 2. The van der Waals surface area contributed by atoms with E-state index in [4.69, 9.17) is 4.74 Å². The molecule has 0 aliphatic carbocycles. The zero-order valence-electron chi connectivity index (χ0n) is 16.3. The molecule has 0 saturated carbocycles. The molecule has 0 spiro atoms. The van der Waals surface area contributed by atoms with Gasteiger partial charge in [0.1, 0.15) is 5.75 Å². The molecule has 0 bridgehead atoms. The molecular weight excluding hydrogens is 372 g/mol. The number of carboxylic acid groups (broad SMARTS) is 1. The van der Waals surface area contributed by atoms with E-state index in [1.54, 1.807) is 18.2 Å². The number of nitrogens with zero attached hydrogens (tertiary/aromatic N) is 1. The first-order valence-electron chi connectivity index (χ1n) is 9.51. The molecule has 7 heteroatoms. The van der Waals surface area contributed by atoms with Crippen LogP contribution >= 0.6 is 0 Å². The van der Waals surface area contributed by atoms with Crippen LogP contribution in [0.4, 0.5) is 5.69 Å². The third-order valence-electron chi connectivity index (χ3n) is 4.83. The molecule has 0 radical (unpaired) electrons. The molecule has 2 aromatic carbocycles. The minimum Gasteiger partial charge on any atom is -0.482 e. The van der Waals surface area contributed by atoms with Crippen LogP contribution in [0.2, 0.25) is 0 Å². The quantitative estimate of drug-likeness (QED) is 0.713. The van der Waals surface area contributed by atoms with E-state index in [1.165, 1.54) is 4.90 Å². The topological polar surface area (TPSA) is 95.9 Å². The summed E-state index contributed by atoms with van der Waals surface area (Å²) >= 11 is 0. The maximum atomic E-state index is 12.3. The van der Waals surface area contributed by atoms with Crippen molar-refractivity contribution in [3.05, 3.63) is 59.7 Å². The number of hydrogen-bond acceptors (Lipinski definition) is 4. The number of fused-ring (bicyclic) bond motifs is 1. The second-order valence-electron chi connectivity index (χ2n) is 7.08. The van der Waals surface area contributed by atoms with Gasteiger partial charge in [-0.1, -0.05) is 42.0 Å². The van der Waals surface area contributed by atoms with Crippen LogP contribution in [-0.4, -0.2) is 42.6 Å². The average Bonchev–Trinajstić information content (AvgIpc) is 2.70. The second-order valence-corrected chi connectivity index (χ2v) is 7.08.